The molecule has 15 heavy (non-hydrogen) atoms. The van der Waals surface area contributed by atoms with Crippen LogP contribution in [0.5, 0.6) is 0 Å². The third-order valence-electron chi connectivity index (χ3n) is 2.43. The molecule has 0 amide bonds. The molecule has 0 fully saturated rings. The van der Waals surface area contributed by atoms with Crippen LogP contribution in [0.2, 0.25) is 5.02 Å². The Kier molecular flexibility index (Phi) is 2.80. The van der Waals surface area contributed by atoms with Crippen molar-refractivity contribution < 1.29 is 5.11 Å². The van der Waals surface area contributed by atoms with E-state index in [1.165, 1.54) is 0 Å². The summed E-state index contributed by atoms with van der Waals surface area (Å²) in [5.41, 5.74) is 1.67. The first-order valence-corrected chi connectivity index (χ1v) is 5.11. The molecule has 0 aliphatic carbocycles. The highest BCUT2D eigenvalue weighted by Gasteiger charge is 2.12. The predicted molar refractivity (Wildman–Crippen MR) is 60.9 cm³/mol. The molecule has 2 nitrogen and oxygen atoms in total. The summed E-state index contributed by atoms with van der Waals surface area (Å²) in [5.74, 6) is 0. The van der Waals surface area contributed by atoms with Gasteiger partial charge in [-0.05, 0) is 29.8 Å². The minimum atomic E-state index is -0.622. The fourth-order valence-electron chi connectivity index (χ4n) is 1.61. The summed E-state index contributed by atoms with van der Waals surface area (Å²) < 4.78 is 1.89. The quantitative estimate of drug-likeness (QED) is 0.829. The first-order chi connectivity index (χ1) is 7.18. The van der Waals surface area contributed by atoms with E-state index in [-0.39, 0.29) is 0 Å². The lowest BCUT2D eigenvalue weighted by Gasteiger charge is -2.12. The Morgan fingerprint density at radius 1 is 1.27 bits per heavy atom. The number of aryl methyl sites for hydroxylation is 1. The van der Waals surface area contributed by atoms with Gasteiger partial charge >= 0.3 is 0 Å². The monoisotopic (exact) mass is 221 g/mol. The van der Waals surface area contributed by atoms with Gasteiger partial charge in [0.05, 0.1) is 5.69 Å². The lowest BCUT2D eigenvalue weighted by atomic mass is 10.1. The molecule has 2 aromatic rings. The Hall–Kier alpha value is -1.25. The molecule has 0 spiro atoms. The third kappa shape index (κ3) is 2.06. The van der Waals surface area contributed by atoms with Crippen LogP contribution in [0.25, 0.3) is 0 Å². The van der Waals surface area contributed by atoms with Crippen LogP contribution in [0.15, 0.2) is 42.6 Å². The maximum absolute atomic E-state index is 10.1. The van der Waals surface area contributed by atoms with E-state index < -0.39 is 6.10 Å². The summed E-state index contributed by atoms with van der Waals surface area (Å²) in [5, 5.41) is 10.7. The fourth-order valence-corrected chi connectivity index (χ4v) is 1.80. The second-order valence-corrected chi connectivity index (χ2v) is 3.94. The smallest absolute Gasteiger partial charge is 0.119 e. The number of aliphatic hydroxyl groups excluding tert-OH is 1. The molecular weight excluding hydrogens is 210 g/mol. The molecule has 1 N–H and O–H groups in total. The molecule has 0 bridgehead atoms. The molecule has 1 aromatic heterocycles. The van der Waals surface area contributed by atoms with Gasteiger partial charge in [0.1, 0.15) is 6.10 Å². The van der Waals surface area contributed by atoms with E-state index >= 15 is 0 Å². The van der Waals surface area contributed by atoms with Crippen molar-refractivity contribution in [2.45, 2.75) is 6.10 Å². The van der Waals surface area contributed by atoms with Crippen molar-refractivity contribution in [3.63, 3.8) is 0 Å². The number of hydrogen-bond donors (Lipinski definition) is 1. The minimum absolute atomic E-state index is 0.622. The summed E-state index contributed by atoms with van der Waals surface area (Å²) in [4.78, 5) is 0. The average molecular weight is 222 g/mol. The number of benzene rings is 1. The van der Waals surface area contributed by atoms with Crippen LogP contribution < -0.4 is 0 Å². The first-order valence-electron chi connectivity index (χ1n) is 4.73. The number of aromatic nitrogens is 1. The van der Waals surface area contributed by atoms with Gasteiger partial charge in [-0.1, -0.05) is 23.7 Å². The van der Waals surface area contributed by atoms with Crippen LogP contribution in [0.4, 0.5) is 0 Å². The van der Waals surface area contributed by atoms with Gasteiger partial charge in [-0.15, -0.1) is 0 Å². The van der Waals surface area contributed by atoms with E-state index in [2.05, 4.69) is 0 Å². The molecule has 78 valence electrons. The molecule has 2 rings (SSSR count). The van der Waals surface area contributed by atoms with E-state index in [1.54, 1.807) is 12.1 Å². The Balaban J connectivity index is 2.36. The van der Waals surface area contributed by atoms with Gasteiger partial charge in [-0.25, -0.2) is 0 Å². The molecular formula is C12H12ClNO. The lowest BCUT2D eigenvalue weighted by Crippen LogP contribution is -2.04. The van der Waals surface area contributed by atoms with Crippen LogP contribution in [-0.2, 0) is 7.05 Å². The van der Waals surface area contributed by atoms with Crippen LogP contribution in [0.1, 0.15) is 17.4 Å². The molecule has 0 unspecified atom stereocenters. The van der Waals surface area contributed by atoms with Crippen molar-refractivity contribution in [3.8, 4) is 0 Å². The van der Waals surface area contributed by atoms with E-state index in [1.807, 2.05) is 42.1 Å². The van der Waals surface area contributed by atoms with Gasteiger partial charge in [0.2, 0.25) is 0 Å². The summed E-state index contributed by atoms with van der Waals surface area (Å²) in [7, 11) is 1.91. The number of nitrogens with zero attached hydrogens (tertiary/aromatic N) is 1. The summed E-state index contributed by atoms with van der Waals surface area (Å²) in [6.45, 7) is 0. The SMILES string of the molecule is Cn1cccc1[C@@H](O)c1cccc(Cl)c1. The molecule has 0 aliphatic rings. The second kappa shape index (κ2) is 4.09. The van der Waals surface area contributed by atoms with Gasteiger partial charge < -0.3 is 9.67 Å². The van der Waals surface area contributed by atoms with Gasteiger partial charge in [0.25, 0.3) is 0 Å². The van der Waals surface area contributed by atoms with Gasteiger partial charge in [0.15, 0.2) is 0 Å². The predicted octanol–water partition coefficient (Wildman–Crippen LogP) is 2.76. The van der Waals surface area contributed by atoms with Gasteiger partial charge in [-0.2, -0.15) is 0 Å². The highest BCUT2D eigenvalue weighted by Crippen LogP contribution is 2.23. The van der Waals surface area contributed by atoms with E-state index in [0.717, 1.165) is 11.3 Å². The summed E-state index contributed by atoms with van der Waals surface area (Å²) in [6.07, 6.45) is 1.28. The minimum Gasteiger partial charge on any atom is -0.382 e. The summed E-state index contributed by atoms with van der Waals surface area (Å²) in [6, 6.07) is 11.1. The van der Waals surface area contributed by atoms with E-state index in [0.29, 0.717) is 5.02 Å². The largest absolute Gasteiger partial charge is 0.382 e. The topological polar surface area (TPSA) is 25.2 Å². The highest BCUT2D eigenvalue weighted by atomic mass is 35.5. The normalized spacial score (nSPS) is 12.7. The van der Waals surface area contributed by atoms with Crippen LogP contribution in [-0.4, -0.2) is 9.67 Å². The van der Waals surface area contributed by atoms with Crippen LogP contribution >= 0.6 is 11.6 Å². The van der Waals surface area contributed by atoms with Crippen molar-refractivity contribution in [2.24, 2.45) is 7.05 Å². The Morgan fingerprint density at radius 3 is 2.67 bits per heavy atom. The highest BCUT2D eigenvalue weighted by molar-refractivity contribution is 6.30. The Morgan fingerprint density at radius 2 is 2.07 bits per heavy atom. The van der Waals surface area contributed by atoms with Crippen LogP contribution in [0, 0.1) is 0 Å². The molecule has 1 atom stereocenters. The molecule has 3 heteroatoms. The Labute approximate surface area is 93.7 Å². The maximum Gasteiger partial charge on any atom is 0.119 e. The standard InChI is InChI=1S/C12H12ClNO/c1-14-7-3-6-11(14)12(15)9-4-2-5-10(13)8-9/h2-8,12,15H,1H3/t12-/m0/s1. The number of halogens is 1. The number of aliphatic hydroxyl groups is 1. The summed E-state index contributed by atoms with van der Waals surface area (Å²) >= 11 is 5.87. The van der Waals surface area contributed by atoms with E-state index in [9.17, 15) is 5.11 Å². The van der Waals surface area contributed by atoms with Crippen molar-refractivity contribution >= 4 is 11.6 Å². The van der Waals surface area contributed by atoms with Crippen LogP contribution in [0.3, 0.4) is 0 Å². The third-order valence-corrected chi connectivity index (χ3v) is 2.66. The molecule has 1 heterocycles. The molecule has 0 radical (unpaired) electrons. The van der Waals surface area contributed by atoms with Gasteiger partial charge in [0, 0.05) is 18.3 Å². The maximum atomic E-state index is 10.1. The zero-order valence-electron chi connectivity index (χ0n) is 8.39. The Bertz CT molecular complexity index is 464. The molecule has 0 saturated carbocycles. The molecule has 1 aromatic carbocycles. The average Bonchev–Trinajstić information content (AvgIpc) is 2.63. The second-order valence-electron chi connectivity index (χ2n) is 3.50. The zero-order valence-corrected chi connectivity index (χ0v) is 9.15. The van der Waals surface area contributed by atoms with Crippen molar-refractivity contribution in [1.29, 1.82) is 0 Å². The van der Waals surface area contributed by atoms with Crippen molar-refractivity contribution in [1.82, 2.24) is 4.57 Å². The fraction of sp³-hybridized carbons (Fsp3) is 0.167. The first kappa shape index (κ1) is 10.3. The number of hydrogen-bond acceptors (Lipinski definition) is 1. The molecule has 0 saturated heterocycles. The van der Waals surface area contributed by atoms with Crippen molar-refractivity contribution in [2.75, 3.05) is 0 Å². The van der Waals surface area contributed by atoms with E-state index in [4.69, 9.17) is 11.6 Å². The zero-order chi connectivity index (χ0) is 10.8. The van der Waals surface area contributed by atoms with Gasteiger partial charge in [-0.3, -0.25) is 0 Å². The lowest BCUT2D eigenvalue weighted by molar-refractivity contribution is 0.211. The molecule has 0 aliphatic heterocycles. The van der Waals surface area contributed by atoms with Crippen molar-refractivity contribution in [3.05, 3.63) is 58.9 Å². The number of rotatable bonds is 2.